The number of amides is 1. The van der Waals surface area contributed by atoms with Crippen molar-refractivity contribution in [2.45, 2.75) is 51.7 Å². The van der Waals surface area contributed by atoms with E-state index in [1.54, 1.807) is 19.1 Å². The summed E-state index contributed by atoms with van der Waals surface area (Å²) in [5, 5.41) is 3.85. The van der Waals surface area contributed by atoms with Crippen molar-refractivity contribution < 1.29 is 14.1 Å². The molecule has 0 N–H and O–H groups in total. The summed E-state index contributed by atoms with van der Waals surface area (Å²) in [6.45, 7) is 2.18. The number of allylic oxidation sites excluding steroid dienone is 1. The number of rotatable bonds is 6. The molecule has 1 unspecified atom stereocenters. The molecule has 1 heterocycles. The quantitative estimate of drug-likeness (QED) is 0.754. The molecule has 1 aromatic rings. The molecule has 1 aromatic heterocycles. The average Bonchev–Trinajstić information content (AvgIpc) is 2.96. The van der Waals surface area contributed by atoms with Crippen molar-refractivity contribution in [1.29, 1.82) is 0 Å². The van der Waals surface area contributed by atoms with Crippen molar-refractivity contribution in [3.63, 3.8) is 0 Å². The first kappa shape index (κ1) is 15.7. The minimum Gasteiger partial charge on any atom is -0.374 e. The van der Waals surface area contributed by atoms with Crippen LogP contribution in [0.15, 0.2) is 16.2 Å². The molecule has 2 rings (SSSR count). The first-order valence-corrected chi connectivity index (χ1v) is 7.37. The van der Waals surface area contributed by atoms with Gasteiger partial charge in [-0.05, 0) is 32.6 Å². The van der Waals surface area contributed by atoms with Crippen LogP contribution in [0.3, 0.4) is 0 Å². The second kappa shape index (κ2) is 7.36. The molecule has 1 aliphatic rings. The predicted molar refractivity (Wildman–Crippen MR) is 77.4 cm³/mol. The SMILES string of the molecule is COC(C)c1noc(CN(C)C(=O)CC2=CCCCC2)n1. The summed E-state index contributed by atoms with van der Waals surface area (Å²) in [5.41, 5.74) is 1.25. The van der Waals surface area contributed by atoms with Gasteiger partial charge in [0.05, 0.1) is 6.54 Å². The number of aromatic nitrogens is 2. The molecule has 0 radical (unpaired) electrons. The van der Waals surface area contributed by atoms with Gasteiger partial charge < -0.3 is 14.2 Å². The molecule has 1 atom stereocenters. The average molecular weight is 293 g/mol. The fourth-order valence-corrected chi connectivity index (χ4v) is 2.29. The molecule has 0 spiro atoms. The summed E-state index contributed by atoms with van der Waals surface area (Å²) >= 11 is 0. The van der Waals surface area contributed by atoms with E-state index < -0.39 is 0 Å². The lowest BCUT2D eigenvalue weighted by Gasteiger charge is -2.17. The molecule has 0 fully saturated rings. The molecule has 0 bridgehead atoms. The summed E-state index contributed by atoms with van der Waals surface area (Å²) in [6.07, 6.45) is 7.02. The normalized spacial score (nSPS) is 16.4. The third-order valence-corrected chi connectivity index (χ3v) is 3.76. The van der Waals surface area contributed by atoms with Gasteiger partial charge in [-0.2, -0.15) is 4.98 Å². The Balaban J connectivity index is 1.88. The summed E-state index contributed by atoms with van der Waals surface area (Å²) in [6, 6.07) is 0. The van der Waals surface area contributed by atoms with Crippen molar-refractivity contribution >= 4 is 5.91 Å². The van der Waals surface area contributed by atoms with Crippen LogP contribution in [-0.4, -0.2) is 35.1 Å². The zero-order valence-corrected chi connectivity index (χ0v) is 13.0. The third kappa shape index (κ3) is 4.39. The zero-order chi connectivity index (χ0) is 15.2. The van der Waals surface area contributed by atoms with Gasteiger partial charge in [0.15, 0.2) is 5.82 Å². The van der Waals surface area contributed by atoms with E-state index in [0.29, 0.717) is 24.7 Å². The van der Waals surface area contributed by atoms with E-state index in [9.17, 15) is 4.79 Å². The Morgan fingerprint density at radius 2 is 2.33 bits per heavy atom. The van der Waals surface area contributed by atoms with E-state index in [2.05, 4.69) is 16.2 Å². The van der Waals surface area contributed by atoms with E-state index in [0.717, 1.165) is 12.8 Å². The fraction of sp³-hybridized carbons (Fsp3) is 0.667. The highest BCUT2D eigenvalue weighted by molar-refractivity contribution is 5.78. The number of methoxy groups -OCH3 is 1. The largest absolute Gasteiger partial charge is 0.374 e. The molecule has 0 aliphatic heterocycles. The standard InChI is InChI=1S/C15H23N3O3/c1-11(20-3)15-16-13(21-17-15)10-18(2)14(19)9-12-7-5-4-6-8-12/h7,11H,4-6,8-10H2,1-3H3. The highest BCUT2D eigenvalue weighted by Gasteiger charge is 2.18. The van der Waals surface area contributed by atoms with Gasteiger partial charge in [0.25, 0.3) is 0 Å². The van der Waals surface area contributed by atoms with Crippen LogP contribution < -0.4 is 0 Å². The van der Waals surface area contributed by atoms with Crippen LogP contribution in [0.2, 0.25) is 0 Å². The van der Waals surface area contributed by atoms with E-state index in [-0.39, 0.29) is 12.0 Å². The summed E-state index contributed by atoms with van der Waals surface area (Å²) in [5.74, 6) is 1.02. The lowest BCUT2D eigenvalue weighted by Crippen LogP contribution is -2.26. The van der Waals surface area contributed by atoms with Gasteiger partial charge in [0, 0.05) is 20.6 Å². The second-order valence-corrected chi connectivity index (χ2v) is 5.46. The molecule has 0 aromatic carbocycles. The van der Waals surface area contributed by atoms with Gasteiger partial charge in [-0.25, -0.2) is 0 Å². The van der Waals surface area contributed by atoms with E-state index in [4.69, 9.17) is 9.26 Å². The molecule has 0 saturated heterocycles. The molecular formula is C15H23N3O3. The number of ether oxygens (including phenoxy) is 1. The minimum absolute atomic E-state index is 0.0858. The summed E-state index contributed by atoms with van der Waals surface area (Å²) in [4.78, 5) is 18.1. The van der Waals surface area contributed by atoms with Gasteiger partial charge in [-0.15, -0.1) is 0 Å². The fourth-order valence-electron chi connectivity index (χ4n) is 2.29. The van der Waals surface area contributed by atoms with Crippen LogP contribution in [-0.2, 0) is 16.1 Å². The minimum atomic E-state index is -0.212. The third-order valence-electron chi connectivity index (χ3n) is 3.76. The Hall–Kier alpha value is -1.69. The molecule has 6 nitrogen and oxygen atoms in total. The van der Waals surface area contributed by atoms with Crippen molar-refractivity contribution in [2.24, 2.45) is 0 Å². The zero-order valence-electron chi connectivity index (χ0n) is 13.0. The maximum Gasteiger partial charge on any atom is 0.246 e. The van der Waals surface area contributed by atoms with Gasteiger partial charge in [0.1, 0.15) is 6.10 Å². The maximum absolute atomic E-state index is 12.2. The smallest absolute Gasteiger partial charge is 0.246 e. The van der Waals surface area contributed by atoms with Crippen molar-refractivity contribution in [3.05, 3.63) is 23.4 Å². The molecule has 6 heteroatoms. The Morgan fingerprint density at radius 1 is 1.52 bits per heavy atom. The molecule has 116 valence electrons. The number of hydrogen-bond acceptors (Lipinski definition) is 5. The summed E-state index contributed by atoms with van der Waals surface area (Å²) < 4.78 is 10.3. The van der Waals surface area contributed by atoms with Crippen LogP contribution in [0.1, 0.15) is 56.8 Å². The van der Waals surface area contributed by atoms with E-state index in [1.807, 2.05) is 6.92 Å². The molecule has 21 heavy (non-hydrogen) atoms. The summed E-state index contributed by atoms with van der Waals surface area (Å²) in [7, 11) is 3.35. The first-order chi connectivity index (χ1) is 10.1. The Morgan fingerprint density at radius 3 is 3.00 bits per heavy atom. The van der Waals surface area contributed by atoms with Gasteiger partial charge in [-0.1, -0.05) is 16.8 Å². The number of carbonyl (C=O) groups excluding carboxylic acids is 1. The van der Waals surface area contributed by atoms with Crippen molar-refractivity contribution in [1.82, 2.24) is 15.0 Å². The lowest BCUT2D eigenvalue weighted by atomic mass is 9.97. The van der Waals surface area contributed by atoms with Crippen molar-refractivity contribution in [3.8, 4) is 0 Å². The molecule has 0 saturated carbocycles. The van der Waals surface area contributed by atoms with Gasteiger partial charge in [-0.3, -0.25) is 4.79 Å². The van der Waals surface area contributed by atoms with Gasteiger partial charge in [0.2, 0.25) is 11.8 Å². The Labute approximate surface area is 125 Å². The topological polar surface area (TPSA) is 68.5 Å². The van der Waals surface area contributed by atoms with Crippen molar-refractivity contribution in [2.75, 3.05) is 14.2 Å². The first-order valence-electron chi connectivity index (χ1n) is 7.37. The van der Waals surface area contributed by atoms with Crippen LogP contribution in [0.25, 0.3) is 0 Å². The number of hydrogen-bond donors (Lipinski definition) is 0. The second-order valence-electron chi connectivity index (χ2n) is 5.46. The molecular weight excluding hydrogens is 270 g/mol. The lowest BCUT2D eigenvalue weighted by molar-refractivity contribution is -0.130. The van der Waals surface area contributed by atoms with Crippen LogP contribution >= 0.6 is 0 Å². The highest BCUT2D eigenvalue weighted by Crippen LogP contribution is 2.21. The van der Waals surface area contributed by atoms with E-state index in [1.165, 1.54) is 18.4 Å². The van der Waals surface area contributed by atoms with Gasteiger partial charge >= 0.3 is 0 Å². The van der Waals surface area contributed by atoms with Crippen LogP contribution in [0.4, 0.5) is 0 Å². The highest BCUT2D eigenvalue weighted by atomic mass is 16.5. The maximum atomic E-state index is 12.2. The number of carbonyl (C=O) groups is 1. The Bertz CT molecular complexity index is 510. The van der Waals surface area contributed by atoms with Crippen LogP contribution in [0.5, 0.6) is 0 Å². The molecule has 1 aliphatic carbocycles. The van der Waals surface area contributed by atoms with E-state index >= 15 is 0 Å². The monoisotopic (exact) mass is 293 g/mol. The Kier molecular flexibility index (Phi) is 5.50. The predicted octanol–water partition coefficient (Wildman–Crippen LogP) is 2.63. The van der Waals surface area contributed by atoms with Crippen LogP contribution in [0, 0.1) is 0 Å². The molecule has 1 amide bonds. The number of nitrogens with zero attached hydrogens (tertiary/aromatic N) is 3.